The van der Waals surface area contributed by atoms with Gasteiger partial charge in [0.1, 0.15) is 23.5 Å². The van der Waals surface area contributed by atoms with Gasteiger partial charge in [-0.15, -0.1) is 0 Å². The third kappa shape index (κ3) is 6.62. The molecule has 2 aromatic rings. The summed E-state index contributed by atoms with van der Waals surface area (Å²) in [5.74, 6) is -0.723. The molecule has 2 aromatic carbocycles. The molecule has 0 saturated heterocycles. The number of rotatable bonds is 7. The Labute approximate surface area is 211 Å². The second-order valence-electron chi connectivity index (χ2n) is 10.6. The van der Waals surface area contributed by atoms with Crippen LogP contribution in [0.15, 0.2) is 48.5 Å². The van der Waals surface area contributed by atoms with Crippen molar-refractivity contribution in [1.29, 1.82) is 0 Å². The predicted molar refractivity (Wildman–Crippen MR) is 135 cm³/mol. The van der Waals surface area contributed by atoms with E-state index in [0.29, 0.717) is 25.3 Å². The first-order valence-corrected chi connectivity index (χ1v) is 12.5. The summed E-state index contributed by atoms with van der Waals surface area (Å²) in [6.45, 7) is 5.77. The standard InChI is InChI=1S/C28H34FN3O4/c1-28(2,3)36-27(35)31-23(16-20-9-4-6-10-21(20)29)25(33)30-22-15-14-19-8-5-7-11-24(19)32(26(22)34)17-18-12-13-18/h4-11,18,22-23H,12-17H2,1-3H3,(H,30,33)(H,31,35)/t22-,23-/m1/s1. The molecule has 7 nitrogen and oxygen atoms in total. The van der Waals surface area contributed by atoms with Gasteiger partial charge in [-0.25, -0.2) is 9.18 Å². The van der Waals surface area contributed by atoms with Gasteiger partial charge in [-0.3, -0.25) is 9.59 Å². The SMILES string of the molecule is CC(C)(C)OC(=O)N[C@H](Cc1ccccc1F)C(=O)N[C@@H]1CCc2ccccc2N(CC2CC2)C1=O. The van der Waals surface area contributed by atoms with Crippen molar-refractivity contribution in [2.45, 2.75) is 70.6 Å². The molecule has 1 aliphatic heterocycles. The van der Waals surface area contributed by atoms with Crippen molar-refractivity contribution in [3.8, 4) is 0 Å². The average Bonchev–Trinajstić information content (AvgIpc) is 3.64. The fourth-order valence-electron chi connectivity index (χ4n) is 4.41. The number of para-hydroxylation sites is 1. The third-order valence-electron chi connectivity index (χ3n) is 6.39. The number of nitrogens with one attached hydrogen (secondary N) is 2. The van der Waals surface area contributed by atoms with E-state index in [9.17, 15) is 18.8 Å². The lowest BCUT2D eigenvalue weighted by Crippen LogP contribution is -2.55. The highest BCUT2D eigenvalue weighted by Gasteiger charge is 2.36. The molecule has 0 spiro atoms. The van der Waals surface area contributed by atoms with Crippen molar-refractivity contribution in [3.63, 3.8) is 0 Å². The molecule has 192 valence electrons. The van der Waals surface area contributed by atoms with E-state index < -0.39 is 35.5 Å². The zero-order chi connectivity index (χ0) is 25.9. The number of aryl methyl sites for hydroxylation is 1. The normalized spacial score (nSPS) is 18.6. The van der Waals surface area contributed by atoms with Crippen LogP contribution in [-0.4, -0.2) is 42.1 Å². The van der Waals surface area contributed by atoms with Crippen LogP contribution in [0.5, 0.6) is 0 Å². The molecule has 8 heteroatoms. The summed E-state index contributed by atoms with van der Waals surface area (Å²) in [6, 6.07) is 12.1. The van der Waals surface area contributed by atoms with Gasteiger partial charge in [-0.1, -0.05) is 36.4 Å². The molecule has 1 heterocycles. The van der Waals surface area contributed by atoms with E-state index in [1.165, 1.54) is 6.07 Å². The predicted octanol–water partition coefficient (Wildman–Crippen LogP) is 4.14. The second-order valence-corrected chi connectivity index (χ2v) is 10.6. The molecule has 0 unspecified atom stereocenters. The maximum absolute atomic E-state index is 14.4. The first kappa shape index (κ1) is 25.7. The number of carbonyl (C=O) groups excluding carboxylic acids is 3. The van der Waals surface area contributed by atoms with Crippen molar-refractivity contribution in [2.75, 3.05) is 11.4 Å². The van der Waals surface area contributed by atoms with Gasteiger partial charge in [0.05, 0.1) is 0 Å². The summed E-state index contributed by atoms with van der Waals surface area (Å²) in [5, 5.41) is 5.43. The largest absolute Gasteiger partial charge is 0.444 e. The minimum Gasteiger partial charge on any atom is -0.444 e. The number of benzene rings is 2. The highest BCUT2D eigenvalue weighted by atomic mass is 19.1. The summed E-state index contributed by atoms with van der Waals surface area (Å²) in [7, 11) is 0. The van der Waals surface area contributed by atoms with Gasteiger partial charge in [-0.2, -0.15) is 0 Å². The molecular weight excluding hydrogens is 461 g/mol. The van der Waals surface area contributed by atoms with E-state index in [2.05, 4.69) is 10.6 Å². The van der Waals surface area contributed by atoms with Gasteiger partial charge in [0.2, 0.25) is 11.8 Å². The monoisotopic (exact) mass is 495 g/mol. The van der Waals surface area contributed by atoms with E-state index in [-0.39, 0.29) is 17.9 Å². The van der Waals surface area contributed by atoms with Gasteiger partial charge >= 0.3 is 6.09 Å². The number of amides is 3. The van der Waals surface area contributed by atoms with E-state index >= 15 is 0 Å². The van der Waals surface area contributed by atoms with Gasteiger partial charge in [0.25, 0.3) is 0 Å². The highest BCUT2D eigenvalue weighted by Crippen LogP contribution is 2.34. The van der Waals surface area contributed by atoms with Crippen molar-refractivity contribution in [2.24, 2.45) is 5.92 Å². The van der Waals surface area contributed by atoms with Crippen LogP contribution < -0.4 is 15.5 Å². The zero-order valence-corrected chi connectivity index (χ0v) is 21.1. The Morgan fingerprint density at radius 1 is 1.08 bits per heavy atom. The minimum absolute atomic E-state index is 0.0787. The lowest BCUT2D eigenvalue weighted by Gasteiger charge is -2.28. The van der Waals surface area contributed by atoms with Crippen LogP contribution in [0.4, 0.5) is 14.9 Å². The second kappa shape index (κ2) is 10.7. The number of nitrogens with zero attached hydrogens (tertiary/aromatic N) is 1. The Hall–Kier alpha value is -3.42. The lowest BCUT2D eigenvalue weighted by atomic mass is 10.0. The molecule has 0 radical (unpaired) electrons. The van der Waals surface area contributed by atoms with Gasteiger partial charge in [0, 0.05) is 18.7 Å². The fourth-order valence-corrected chi connectivity index (χ4v) is 4.41. The fraction of sp³-hybridized carbons (Fsp3) is 0.464. The number of ether oxygens (including phenoxy) is 1. The third-order valence-corrected chi connectivity index (χ3v) is 6.39. The number of carbonyl (C=O) groups is 3. The summed E-state index contributed by atoms with van der Waals surface area (Å²) in [5.41, 5.74) is 1.47. The summed E-state index contributed by atoms with van der Waals surface area (Å²) in [4.78, 5) is 41.3. The smallest absolute Gasteiger partial charge is 0.408 e. The molecule has 1 saturated carbocycles. The van der Waals surface area contributed by atoms with Crippen LogP contribution in [0.25, 0.3) is 0 Å². The quantitative estimate of drug-likeness (QED) is 0.605. The van der Waals surface area contributed by atoms with Crippen molar-refractivity contribution >= 4 is 23.6 Å². The summed E-state index contributed by atoms with van der Waals surface area (Å²) in [6.07, 6.45) is 2.38. The molecule has 0 bridgehead atoms. The van der Waals surface area contributed by atoms with Crippen LogP contribution in [0, 0.1) is 11.7 Å². The molecule has 1 fully saturated rings. The number of hydrogen-bond acceptors (Lipinski definition) is 4. The summed E-state index contributed by atoms with van der Waals surface area (Å²) < 4.78 is 19.7. The number of halogens is 1. The molecule has 2 aliphatic rings. The minimum atomic E-state index is -1.12. The highest BCUT2D eigenvalue weighted by molar-refractivity contribution is 6.01. The Morgan fingerprint density at radius 3 is 2.47 bits per heavy atom. The first-order chi connectivity index (χ1) is 17.1. The van der Waals surface area contributed by atoms with Crippen LogP contribution in [0.3, 0.4) is 0 Å². The van der Waals surface area contributed by atoms with E-state index in [1.807, 2.05) is 24.3 Å². The Kier molecular flexibility index (Phi) is 7.62. The van der Waals surface area contributed by atoms with Gasteiger partial charge in [-0.05, 0) is 75.6 Å². The first-order valence-electron chi connectivity index (χ1n) is 12.5. The van der Waals surface area contributed by atoms with Crippen LogP contribution in [0.1, 0.15) is 51.2 Å². The summed E-state index contributed by atoms with van der Waals surface area (Å²) >= 11 is 0. The molecule has 4 rings (SSSR count). The molecule has 0 aromatic heterocycles. The zero-order valence-electron chi connectivity index (χ0n) is 21.1. The van der Waals surface area contributed by atoms with E-state index in [0.717, 1.165) is 24.1 Å². The maximum atomic E-state index is 14.4. The molecule has 36 heavy (non-hydrogen) atoms. The number of anilines is 1. The van der Waals surface area contributed by atoms with Crippen molar-refractivity contribution < 1.29 is 23.5 Å². The van der Waals surface area contributed by atoms with Gasteiger partial charge < -0.3 is 20.3 Å². The van der Waals surface area contributed by atoms with E-state index in [1.54, 1.807) is 43.9 Å². The maximum Gasteiger partial charge on any atom is 0.408 e. The Bertz CT molecular complexity index is 1130. The number of fused-ring (bicyclic) bond motifs is 1. The molecule has 2 N–H and O–H groups in total. The van der Waals surface area contributed by atoms with Gasteiger partial charge in [0.15, 0.2) is 0 Å². The molecule has 3 amide bonds. The number of alkyl carbamates (subject to hydrolysis) is 1. The van der Waals surface area contributed by atoms with Crippen molar-refractivity contribution in [3.05, 3.63) is 65.5 Å². The van der Waals surface area contributed by atoms with Crippen LogP contribution in [0.2, 0.25) is 0 Å². The van der Waals surface area contributed by atoms with Crippen molar-refractivity contribution in [1.82, 2.24) is 10.6 Å². The number of hydrogen-bond donors (Lipinski definition) is 2. The molecule has 2 atom stereocenters. The average molecular weight is 496 g/mol. The van der Waals surface area contributed by atoms with E-state index in [4.69, 9.17) is 4.74 Å². The molecular formula is C28H34FN3O4. The molecule has 1 aliphatic carbocycles. The van der Waals surface area contributed by atoms with Crippen LogP contribution >= 0.6 is 0 Å². The Balaban J connectivity index is 1.53. The lowest BCUT2D eigenvalue weighted by molar-refractivity contribution is -0.128. The Morgan fingerprint density at radius 2 is 1.78 bits per heavy atom. The topological polar surface area (TPSA) is 87.7 Å². The van der Waals surface area contributed by atoms with Crippen LogP contribution in [-0.2, 0) is 27.2 Å².